The lowest BCUT2D eigenvalue weighted by Gasteiger charge is -2.08. The smallest absolute Gasteiger partial charge is 0.370 e. The van der Waals surface area contributed by atoms with E-state index in [9.17, 15) is 18.0 Å². The molecule has 1 aromatic carbocycles. The van der Waals surface area contributed by atoms with E-state index in [1.54, 1.807) is 12.1 Å². The molecule has 0 saturated carbocycles. The molecule has 1 heterocycles. The number of carbonyl (C=O) groups excluding carboxylic acids is 1. The number of alkyl halides is 3. The number of carbonyl (C=O) groups is 1. The van der Waals surface area contributed by atoms with Crippen molar-refractivity contribution in [3.8, 4) is 0 Å². The molecule has 0 aliphatic rings. The lowest BCUT2D eigenvalue weighted by Crippen LogP contribution is -2.24. The first-order valence-corrected chi connectivity index (χ1v) is 6.70. The number of rotatable bonds is 3. The molecule has 0 atom stereocenters. The van der Waals surface area contributed by atoms with Crippen molar-refractivity contribution in [3.63, 3.8) is 0 Å². The van der Waals surface area contributed by atoms with E-state index in [1.165, 1.54) is 30.6 Å². The summed E-state index contributed by atoms with van der Waals surface area (Å²) in [5.74, 6) is -1.22. The predicted molar refractivity (Wildman–Crippen MR) is 84.4 cm³/mol. The Balaban J connectivity index is 2.54. The Labute approximate surface area is 135 Å². The van der Waals surface area contributed by atoms with E-state index in [-0.39, 0.29) is 11.1 Å². The number of aromatic nitrogens is 1. The molecule has 24 heavy (non-hydrogen) atoms. The fourth-order valence-corrected chi connectivity index (χ4v) is 1.94. The van der Waals surface area contributed by atoms with E-state index >= 15 is 0 Å². The van der Waals surface area contributed by atoms with Gasteiger partial charge in [-0.05, 0) is 29.8 Å². The molecule has 0 radical (unpaired) electrons. The number of benzene rings is 1. The third-order valence-electron chi connectivity index (χ3n) is 2.96. The average molecular weight is 334 g/mol. The standard InChI is InChI=1S/C16H13F3N4O/c17-16(18,19)12-5-1-3-10(7-12)8-13(14(24)23-15(20)21)11-4-2-6-22-9-11/h1-9H,(H4,20,21,23,24)/b13-8+. The first-order chi connectivity index (χ1) is 11.3. The van der Waals surface area contributed by atoms with Crippen LogP contribution in [0.5, 0.6) is 0 Å². The SMILES string of the molecule is NC(N)=NC(=O)/C(=C/c1cccc(C(F)(F)F)c1)c1cccnc1. The number of nitrogens with zero attached hydrogens (tertiary/aromatic N) is 2. The number of hydrogen-bond donors (Lipinski definition) is 2. The van der Waals surface area contributed by atoms with Crippen LogP contribution in [0.3, 0.4) is 0 Å². The van der Waals surface area contributed by atoms with Gasteiger partial charge in [-0.3, -0.25) is 9.78 Å². The van der Waals surface area contributed by atoms with Gasteiger partial charge in [-0.2, -0.15) is 18.2 Å². The van der Waals surface area contributed by atoms with Crippen LogP contribution in [0.15, 0.2) is 53.8 Å². The quantitative estimate of drug-likeness (QED) is 0.512. The molecule has 5 nitrogen and oxygen atoms in total. The zero-order valence-corrected chi connectivity index (χ0v) is 12.3. The summed E-state index contributed by atoms with van der Waals surface area (Å²) >= 11 is 0. The molecule has 2 aromatic rings. The van der Waals surface area contributed by atoms with E-state index in [1.807, 2.05) is 0 Å². The Morgan fingerprint density at radius 3 is 2.50 bits per heavy atom. The molecule has 8 heteroatoms. The van der Waals surface area contributed by atoms with Gasteiger partial charge in [0.15, 0.2) is 5.96 Å². The van der Waals surface area contributed by atoms with Gasteiger partial charge in [0, 0.05) is 18.0 Å². The Morgan fingerprint density at radius 1 is 1.17 bits per heavy atom. The summed E-state index contributed by atoms with van der Waals surface area (Å²) in [6, 6.07) is 7.72. The van der Waals surface area contributed by atoms with Crippen molar-refractivity contribution in [1.29, 1.82) is 0 Å². The molecule has 124 valence electrons. The second-order valence-corrected chi connectivity index (χ2v) is 4.76. The minimum absolute atomic E-state index is 0.0239. The van der Waals surface area contributed by atoms with Gasteiger partial charge in [-0.15, -0.1) is 0 Å². The summed E-state index contributed by atoms with van der Waals surface area (Å²) in [6.07, 6.45) is -0.320. The number of hydrogen-bond acceptors (Lipinski definition) is 2. The zero-order chi connectivity index (χ0) is 17.7. The number of guanidine groups is 1. The highest BCUT2D eigenvalue weighted by molar-refractivity contribution is 6.26. The summed E-state index contributed by atoms with van der Waals surface area (Å²) in [6.45, 7) is 0. The molecule has 0 bridgehead atoms. The lowest BCUT2D eigenvalue weighted by molar-refractivity contribution is -0.137. The van der Waals surface area contributed by atoms with Crippen molar-refractivity contribution in [2.24, 2.45) is 16.5 Å². The van der Waals surface area contributed by atoms with E-state index < -0.39 is 23.6 Å². The van der Waals surface area contributed by atoms with Crippen LogP contribution in [-0.2, 0) is 11.0 Å². The van der Waals surface area contributed by atoms with Gasteiger partial charge in [0.05, 0.1) is 11.1 Å². The summed E-state index contributed by atoms with van der Waals surface area (Å²) in [7, 11) is 0. The maximum atomic E-state index is 12.8. The Kier molecular flexibility index (Phi) is 4.98. The van der Waals surface area contributed by atoms with Crippen molar-refractivity contribution in [2.45, 2.75) is 6.18 Å². The van der Waals surface area contributed by atoms with Crippen molar-refractivity contribution in [3.05, 3.63) is 65.5 Å². The molecular weight excluding hydrogens is 321 g/mol. The van der Waals surface area contributed by atoms with Gasteiger partial charge in [0.25, 0.3) is 5.91 Å². The van der Waals surface area contributed by atoms with Crippen molar-refractivity contribution < 1.29 is 18.0 Å². The van der Waals surface area contributed by atoms with Gasteiger partial charge in [0.1, 0.15) is 0 Å². The molecule has 0 aliphatic carbocycles. The third-order valence-corrected chi connectivity index (χ3v) is 2.96. The number of nitrogens with two attached hydrogens (primary N) is 2. The maximum Gasteiger partial charge on any atom is 0.416 e. The average Bonchev–Trinajstić information content (AvgIpc) is 2.52. The van der Waals surface area contributed by atoms with E-state index in [0.717, 1.165) is 12.1 Å². The van der Waals surface area contributed by atoms with Crippen LogP contribution in [0.4, 0.5) is 13.2 Å². The van der Waals surface area contributed by atoms with Gasteiger partial charge < -0.3 is 11.5 Å². The monoisotopic (exact) mass is 334 g/mol. The van der Waals surface area contributed by atoms with E-state index in [4.69, 9.17) is 11.5 Å². The summed E-state index contributed by atoms with van der Waals surface area (Å²) in [5, 5.41) is 0. The largest absolute Gasteiger partial charge is 0.416 e. The minimum Gasteiger partial charge on any atom is -0.370 e. The van der Waals surface area contributed by atoms with Gasteiger partial charge in [-0.1, -0.05) is 18.2 Å². The van der Waals surface area contributed by atoms with Crippen LogP contribution >= 0.6 is 0 Å². The fraction of sp³-hybridized carbons (Fsp3) is 0.0625. The highest BCUT2D eigenvalue weighted by Gasteiger charge is 2.30. The lowest BCUT2D eigenvalue weighted by atomic mass is 10.0. The summed E-state index contributed by atoms with van der Waals surface area (Å²) < 4.78 is 38.4. The molecule has 0 unspecified atom stereocenters. The number of amides is 1. The molecule has 0 aliphatic heterocycles. The fourth-order valence-electron chi connectivity index (χ4n) is 1.94. The molecule has 4 N–H and O–H groups in total. The number of aliphatic imine (C=N–C) groups is 1. The van der Waals surface area contributed by atoms with Crippen LogP contribution in [0.25, 0.3) is 11.6 Å². The molecular formula is C16H13F3N4O. The molecule has 1 aromatic heterocycles. The summed E-state index contributed by atoms with van der Waals surface area (Å²) in [5.41, 5.74) is 10.2. The predicted octanol–water partition coefficient (Wildman–Crippen LogP) is 2.44. The molecule has 0 spiro atoms. The summed E-state index contributed by atoms with van der Waals surface area (Å²) in [4.78, 5) is 19.5. The zero-order valence-electron chi connectivity index (χ0n) is 12.3. The van der Waals surface area contributed by atoms with Crippen LogP contribution in [0.2, 0.25) is 0 Å². The highest BCUT2D eigenvalue weighted by Crippen LogP contribution is 2.30. The molecule has 0 saturated heterocycles. The highest BCUT2D eigenvalue weighted by atomic mass is 19.4. The Bertz CT molecular complexity index is 794. The van der Waals surface area contributed by atoms with Gasteiger partial charge in [-0.25, -0.2) is 0 Å². The Morgan fingerprint density at radius 2 is 1.92 bits per heavy atom. The van der Waals surface area contributed by atoms with Crippen LogP contribution < -0.4 is 11.5 Å². The van der Waals surface area contributed by atoms with Crippen LogP contribution in [0, 0.1) is 0 Å². The molecule has 2 rings (SSSR count). The topological polar surface area (TPSA) is 94.4 Å². The number of halogens is 3. The van der Waals surface area contributed by atoms with Crippen LogP contribution in [0.1, 0.15) is 16.7 Å². The minimum atomic E-state index is -4.48. The second-order valence-electron chi connectivity index (χ2n) is 4.76. The van der Waals surface area contributed by atoms with E-state index in [2.05, 4.69) is 9.98 Å². The molecule has 1 amide bonds. The van der Waals surface area contributed by atoms with E-state index in [0.29, 0.717) is 5.56 Å². The third kappa shape index (κ3) is 4.42. The molecule has 0 fully saturated rings. The van der Waals surface area contributed by atoms with Crippen LogP contribution in [-0.4, -0.2) is 16.9 Å². The first kappa shape index (κ1) is 17.2. The Hall–Kier alpha value is -3.16. The van der Waals surface area contributed by atoms with Crippen molar-refractivity contribution >= 4 is 23.5 Å². The number of pyridine rings is 1. The normalized spacial score (nSPS) is 11.9. The van der Waals surface area contributed by atoms with Crippen molar-refractivity contribution in [1.82, 2.24) is 4.98 Å². The van der Waals surface area contributed by atoms with Crippen molar-refractivity contribution in [2.75, 3.05) is 0 Å². The second kappa shape index (κ2) is 6.95. The van der Waals surface area contributed by atoms with Gasteiger partial charge >= 0.3 is 6.18 Å². The first-order valence-electron chi connectivity index (χ1n) is 6.70. The maximum absolute atomic E-state index is 12.8. The van der Waals surface area contributed by atoms with Gasteiger partial charge in [0.2, 0.25) is 0 Å².